The lowest BCUT2D eigenvalue weighted by Crippen LogP contribution is -2.15. The summed E-state index contributed by atoms with van der Waals surface area (Å²) in [6.07, 6.45) is 5.26. The van der Waals surface area contributed by atoms with Crippen molar-refractivity contribution in [3.8, 4) is 0 Å². The molecular weight excluding hydrogens is 200 g/mol. The van der Waals surface area contributed by atoms with Gasteiger partial charge in [-0.2, -0.15) is 0 Å². The zero-order valence-electron chi connectivity index (χ0n) is 8.03. The van der Waals surface area contributed by atoms with Crippen molar-refractivity contribution in [3.63, 3.8) is 0 Å². The van der Waals surface area contributed by atoms with Crippen molar-refractivity contribution in [3.05, 3.63) is 29.6 Å². The van der Waals surface area contributed by atoms with Gasteiger partial charge in [0.1, 0.15) is 11.3 Å². The van der Waals surface area contributed by atoms with Gasteiger partial charge in [-0.15, -0.1) is 0 Å². The van der Waals surface area contributed by atoms with Crippen LogP contribution in [0.5, 0.6) is 0 Å². The summed E-state index contributed by atoms with van der Waals surface area (Å²) >= 11 is 5.93. The average Bonchev–Trinajstić information content (AvgIpc) is 2.62. The Balaban J connectivity index is 2.63. The minimum Gasteiger partial charge on any atom is -0.311 e. The minimum atomic E-state index is 0.191. The van der Waals surface area contributed by atoms with Gasteiger partial charge in [-0.25, -0.2) is 9.97 Å². The van der Waals surface area contributed by atoms with Crippen LogP contribution >= 0.6 is 11.6 Å². The van der Waals surface area contributed by atoms with Crippen molar-refractivity contribution in [1.82, 2.24) is 19.7 Å². The number of nitrogens with zero attached hydrogens (tertiary/aromatic N) is 3. The molecule has 2 rings (SSSR count). The van der Waals surface area contributed by atoms with E-state index in [1.165, 1.54) is 0 Å². The summed E-state index contributed by atoms with van der Waals surface area (Å²) in [5, 5.41) is 3.61. The number of halogens is 1. The van der Waals surface area contributed by atoms with Crippen LogP contribution in [0.1, 0.15) is 18.8 Å². The molecule has 0 aliphatic heterocycles. The van der Waals surface area contributed by atoms with Gasteiger partial charge < -0.3 is 5.32 Å². The van der Waals surface area contributed by atoms with Gasteiger partial charge in [0, 0.05) is 12.4 Å². The lowest BCUT2D eigenvalue weighted by Gasteiger charge is -2.08. The highest BCUT2D eigenvalue weighted by Crippen LogP contribution is 2.18. The number of nitrogens with one attached hydrogen (secondary N) is 1. The lowest BCUT2D eigenvalue weighted by atomic mass is 10.3. The lowest BCUT2D eigenvalue weighted by molar-refractivity contribution is 0.608. The van der Waals surface area contributed by atoms with Crippen LogP contribution in [0, 0.1) is 0 Å². The van der Waals surface area contributed by atoms with Crippen LogP contribution in [0.4, 0.5) is 0 Å². The maximum Gasteiger partial charge on any atom is 0.154 e. The Hall–Kier alpha value is -1.13. The van der Waals surface area contributed by atoms with E-state index in [0.29, 0.717) is 5.15 Å². The second-order valence-electron chi connectivity index (χ2n) is 3.10. The van der Waals surface area contributed by atoms with E-state index in [4.69, 9.17) is 11.6 Å². The third-order valence-corrected chi connectivity index (χ3v) is 2.55. The molecule has 0 saturated carbocycles. The van der Waals surface area contributed by atoms with Gasteiger partial charge in [0.05, 0.1) is 12.2 Å². The van der Waals surface area contributed by atoms with Crippen LogP contribution in [0.15, 0.2) is 18.6 Å². The van der Waals surface area contributed by atoms with E-state index in [-0.39, 0.29) is 6.04 Å². The van der Waals surface area contributed by atoms with E-state index in [2.05, 4.69) is 15.3 Å². The molecule has 2 aromatic rings. The molecule has 1 N–H and O–H groups in total. The molecule has 2 heterocycles. The fourth-order valence-electron chi connectivity index (χ4n) is 1.37. The number of hydrogen-bond acceptors (Lipinski definition) is 3. The van der Waals surface area contributed by atoms with Crippen LogP contribution in [0.25, 0.3) is 5.52 Å². The summed E-state index contributed by atoms with van der Waals surface area (Å²) in [6.45, 7) is 2.04. The van der Waals surface area contributed by atoms with Crippen molar-refractivity contribution in [1.29, 1.82) is 0 Å². The summed E-state index contributed by atoms with van der Waals surface area (Å²) in [4.78, 5) is 8.29. The molecule has 0 aliphatic rings. The first-order valence-electron chi connectivity index (χ1n) is 4.38. The van der Waals surface area contributed by atoms with Gasteiger partial charge in [-0.3, -0.25) is 4.40 Å². The molecular formula is C9H11ClN4. The highest BCUT2D eigenvalue weighted by atomic mass is 35.5. The number of aromatic nitrogens is 3. The Morgan fingerprint density at radius 3 is 3.00 bits per heavy atom. The van der Waals surface area contributed by atoms with Gasteiger partial charge in [0.25, 0.3) is 0 Å². The minimum absolute atomic E-state index is 0.191. The van der Waals surface area contributed by atoms with Gasteiger partial charge in [0.15, 0.2) is 5.15 Å². The molecule has 0 spiro atoms. The first kappa shape index (κ1) is 9.43. The number of hydrogen-bond donors (Lipinski definition) is 1. The zero-order chi connectivity index (χ0) is 10.1. The van der Waals surface area contributed by atoms with E-state index < -0.39 is 0 Å². The van der Waals surface area contributed by atoms with Crippen molar-refractivity contribution in [2.24, 2.45) is 0 Å². The van der Waals surface area contributed by atoms with Gasteiger partial charge in [-0.1, -0.05) is 11.6 Å². The van der Waals surface area contributed by atoms with Gasteiger partial charge in [0.2, 0.25) is 0 Å². The zero-order valence-corrected chi connectivity index (χ0v) is 8.78. The number of imidazole rings is 1. The molecule has 0 aromatic carbocycles. The van der Waals surface area contributed by atoms with E-state index in [1.807, 2.05) is 24.6 Å². The van der Waals surface area contributed by atoms with E-state index >= 15 is 0 Å². The standard InChI is InChI=1S/C9H11ClN4/c1-6(11-2)9-13-5-7-8(10)12-3-4-14(7)9/h3-6,11H,1-2H3/t6-/m0/s1. The normalized spacial score (nSPS) is 13.4. The third-order valence-electron chi connectivity index (χ3n) is 2.26. The molecule has 1 atom stereocenters. The third kappa shape index (κ3) is 1.36. The predicted octanol–water partition coefficient (Wildman–Crippen LogP) is 1.66. The smallest absolute Gasteiger partial charge is 0.154 e. The molecule has 4 nitrogen and oxygen atoms in total. The van der Waals surface area contributed by atoms with E-state index in [9.17, 15) is 0 Å². The fraction of sp³-hybridized carbons (Fsp3) is 0.333. The number of fused-ring (bicyclic) bond motifs is 1. The molecule has 0 fully saturated rings. The molecule has 74 valence electrons. The molecule has 5 heteroatoms. The topological polar surface area (TPSA) is 42.2 Å². The van der Waals surface area contributed by atoms with Crippen molar-refractivity contribution >= 4 is 17.1 Å². The Morgan fingerprint density at radius 2 is 2.29 bits per heavy atom. The Labute approximate surface area is 86.9 Å². The number of rotatable bonds is 2. The van der Waals surface area contributed by atoms with Crippen LogP contribution in [0.3, 0.4) is 0 Å². The molecule has 0 bridgehead atoms. The van der Waals surface area contributed by atoms with Crippen molar-refractivity contribution in [2.45, 2.75) is 13.0 Å². The molecule has 14 heavy (non-hydrogen) atoms. The van der Waals surface area contributed by atoms with Crippen molar-refractivity contribution < 1.29 is 0 Å². The van der Waals surface area contributed by atoms with Crippen LogP contribution in [-0.4, -0.2) is 21.4 Å². The van der Waals surface area contributed by atoms with Crippen molar-refractivity contribution in [2.75, 3.05) is 7.05 Å². The Kier molecular flexibility index (Phi) is 2.39. The molecule has 0 saturated heterocycles. The van der Waals surface area contributed by atoms with E-state index in [1.54, 1.807) is 12.4 Å². The van der Waals surface area contributed by atoms with Crippen LogP contribution < -0.4 is 5.32 Å². The molecule has 0 aliphatic carbocycles. The highest BCUT2D eigenvalue weighted by molar-refractivity contribution is 6.32. The molecule has 0 radical (unpaired) electrons. The molecule has 2 aromatic heterocycles. The largest absolute Gasteiger partial charge is 0.311 e. The second kappa shape index (κ2) is 3.55. The highest BCUT2D eigenvalue weighted by Gasteiger charge is 2.11. The summed E-state index contributed by atoms with van der Waals surface area (Å²) in [5.41, 5.74) is 0.839. The monoisotopic (exact) mass is 210 g/mol. The first-order chi connectivity index (χ1) is 6.74. The fourth-order valence-corrected chi connectivity index (χ4v) is 1.56. The summed E-state index contributed by atoms with van der Waals surface area (Å²) in [6, 6.07) is 0.191. The first-order valence-corrected chi connectivity index (χ1v) is 4.76. The summed E-state index contributed by atoms with van der Waals surface area (Å²) in [7, 11) is 1.90. The maximum absolute atomic E-state index is 5.93. The van der Waals surface area contributed by atoms with Crippen LogP contribution in [0.2, 0.25) is 5.15 Å². The Bertz CT molecular complexity index is 451. The SMILES string of the molecule is CN[C@@H](C)c1ncc2c(Cl)nccn12. The maximum atomic E-state index is 5.93. The summed E-state index contributed by atoms with van der Waals surface area (Å²) in [5.74, 6) is 0.937. The Morgan fingerprint density at radius 1 is 1.50 bits per heavy atom. The molecule has 0 unspecified atom stereocenters. The van der Waals surface area contributed by atoms with Gasteiger partial charge in [-0.05, 0) is 14.0 Å². The predicted molar refractivity (Wildman–Crippen MR) is 55.5 cm³/mol. The second-order valence-corrected chi connectivity index (χ2v) is 3.46. The van der Waals surface area contributed by atoms with Crippen LogP contribution in [-0.2, 0) is 0 Å². The summed E-state index contributed by atoms with van der Waals surface area (Å²) < 4.78 is 1.94. The quantitative estimate of drug-likeness (QED) is 0.820. The molecule has 0 amide bonds. The van der Waals surface area contributed by atoms with Gasteiger partial charge >= 0.3 is 0 Å². The van der Waals surface area contributed by atoms with E-state index in [0.717, 1.165) is 11.3 Å². The average molecular weight is 211 g/mol.